The Morgan fingerprint density at radius 2 is 2.03 bits per heavy atom. The van der Waals surface area contributed by atoms with Crippen LogP contribution in [-0.4, -0.2) is 33.1 Å². The molecule has 0 heterocycles. The van der Waals surface area contributed by atoms with Crippen molar-refractivity contribution in [2.24, 2.45) is 17.3 Å². The van der Waals surface area contributed by atoms with Crippen LogP contribution in [0.4, 0.5) is 0 Å². The number of fused-ring (bicyclic) bond motifs is 1. The molecule has 0 bridgehead atoms. The molecular weight excluding hydrogens is 372 g/mol. The summed E-state index contributed by atoms with van der Waals surface area (Å²) in [6.45, 7) is 12.4. The van der Waals surface area contributed by atoms with Crippen molar-refractivity contribution >= 4 is 0 Å². The zero-order valence-electron chi connectivity index (χ0n) is 19.2. The third-order valence-electron chi connectivity index (χ3n) is 7.42. The van der Waals surface area contributed by atoms with Crippen LogP contribution in [-0.2, 0) is 0 Å². The summed E-state index contributed by atoms with van der Waals surface area (Å²) in [5, 5.41) is 30.1. The molecule has 0 aromatic heterocycles. The van der Waals surface area contributed by atoms with E-state index in [1.807, 2.05) is 19.9 Å². The Morgan fingerprint density at radius 1 is 1.30 bits per heavy atom. The van der Waals surface area contributed by atoms with E-state index in [0.717, 1.165) is 30.4 Å². The van der Waals surface area contributed by atoms with Crippen LogP contribution in [0.3, 0.4) is 0 Å². The van der Waals surface area contributed by atoms with Crippen molar-refractivity contribution in [2.45, 2.75) is 90.4 Å². The highest BCUT2D eigenvalue weighted by Gasteiger charge is 2.45. The van der Waals surface area contributed by atoms with E-state index >= 15 is 0 Å². The van der Waals surface area contributed by atoms with Gasteiger partial charge in [-0.2, -0.15) is 0 Å². The number of aliphatic hydroxyl groups is 3. The quantitative estimate of drug-likeness (QED) is 0.530. The first-order valence-corrected chi connectivity index (χ1v) is 11.6. The van der Waals surface area contributed by atoms with E-state index in [-0.39, 0.29) is 5.41 Å². The molecular formula is C27H40O3. The van der Waals surface area contributed by atoms with Crippen LogP contribution in [0.15, 0.2) is 59.3 Å². The van der Waals surface area contributed by atoms with Gasteiger partial charge < -0.3 is 15.3 Å². The van der Waals surface area contributed by atoms with Crippen molar-refractivity contribution in [1.29, 1.82) is 0 Å². The molecule has 3 unspecified atom stereocenters. The first-order chi connectivity index (χ1) is 14.0. The van der Waals surface area contributed by atoms with Gasteiger partial charge in [0.15, 0.2) is 0 Å². The SMILES string of the molecule is C=C1C(=CC=C2CCC[C@]3(C)C(C(C)CC=CC(C)(C)O)=CCC23)CC(O)C[C@@H]1O. The molecule has 5 atom stereocenters. The molecule has 0 spiro atoms. The average Bonchev–Trinajstić information content (AvgIpc) is 3.00. The van der Waals surface area contributed by atoms with E-state index in [9.17, 15) is 15.3 Å². The van der Waals surface area contributed by atoms with Crippen LogP contribution >= 0.6 is 0 Å². The molecule has 3 aliphatic rings. The Labute approximate surface area is 182 Å². The lowest BCUT2D eigenvalue weighted by molar-refractivity contribution is 0.0862. The highest BCUT2D eigenvalue weighted by atomic mass is 16.3. The van der Waals surface area contributed by atoms with E-state index in [1.54, 1.807) is 5.57 Å². The predicted octanol–water partition coefficient (Wildman–Crippen LogP) is 5.40. The van der Waals surface area contributed by atoms with Gasteiger partial charge in [0.1, 0.15) is 0 Å². The van der Waals surface area contributed by atoms with Crippen LogP contribution in [0.25, 0.3) is 0 Å². The van der Waals surface area contributed by atoms with Crippen LogP contribution < -0.4 is 0 Å². The minimum Gasteiger partial charge on any atom is -0.393 e. The molecule has 3 aliphatic carbocycles. The summed E-state index contributed by atoms with van der Waals surface area (Å²) in [5.74, 6) is 1.00. The van der Waals surface area contributed by atoms with E-state index < -0.39 is 17.8 Å². The third-order valence-corrected chi connectivity index (χ3v) is 7.42. The minimum absolute atomic E-state index is 0.202. The summed E-state index contributed by atoms with van der Waals surface area (Å²) in [4.78, 5) is 0. The Kier molecular flexibility index (Phi) is 6.96. The van der Waals surface area contributed by atoms with E-state index in [4.69, 9.17) is 0 Å². The van der Waals surface area contributed by atoms with Crippen molar-refractivity contribution in [2.75, 3.05) is 0 Å². The van der Waals surface area contributed by atoms with Crippen LogP contribution in [0.2, 0.25) is 0 Å². The van der Waals surface area contributed by atoms with Gasteiger partial charge in [-0.1, -0.05) is 62.0 Å². The van der Waals surface area contributed by atoms with Gasteiger partial charge in [0.25, 0.3) is 0 Å². The lowest BCUT2D eigenvalue weighted by Gasteiger charge is -2.42. The molecule has 0 radical (unpaired) electrons. The average molecular weight is 413 g/mol. The fourth-order valence-electron chi connectivity index (χ4n) is 5.77. The summed E-state index contributed by atoms with van der Waals surface area (Å²) >= 11 is 0. The van der Waals surface area contributed by atoms with Gasteiger partial charge in [0.2, 0.25) is 0 Å². The van der Waals surface area contributed by atoms with Gasteiger partial charge in [0, 0.05) is 6.42 Å². The highest BCUT2D eigenvalue weighted by Crippen LogP contribution is 2.56. The molecule has 3 N–H and O–H groups in total. The molecule has 0 saturated heterocycles. The van der Waals surface area contributed by atoms with Crippen LogP contribution in [0.5, 0.6) is 0 Å². The summed E-state index contributed by atoms with van der Waals surface area (Å²) in [6.07, 6.45) is 16.3. The Hall–Kier alpha value is -1.42. The van der Waals surface area contributed by atoms with Gasteiger partial charge in [-0.05, 0) is 80.8 Å². The molecule has 0 aliphatic heterocycles. The van der Waals surface area contributed by atoms with Gasteiger partial charge >= 0.3 is 0 Å². The number of rotatable bonds is 5. The minimum atomic E-state index is -0.755. The lowest BCUT2D eigenvalue weighted by atomic mass is 9.62. The van der Waals surface area contributed by atoms with E-state index in [2.05, 4.69) is 44.7 Å². The molecule has 0 aromatic rings. The monoisotopic (exact) mass is 412 g/mol. The molecule has 2 fully saturated rings. The molecule has 3 nitrogen and oxygen atoms in total. The second-order valence-electron chi connectivity index (χ2n) is 10.5. The second-order valence-corrected chi connectivity index (χ2v) is 10.5. The zero-order chi connectivity index (χ0) is 22.1. The fourth-order valence-corrected chi connectivity index (χ4v) is 5.77. The number of hydrogen-bond donors (Lipinski definition) is 3. The Balaban J connectivity index is 1.75. The smallest absolute Gasteiger partial charge is 0.0811 e. The van der Waals surface area contributed by atoms with Crippen molar-refractivity contribution in [1.82, 2.24) is 0 Å². The largest absolute Gasteiger partial charge is 0.393 e. The molecule has 166 valence electrons. The van der Waals surface area contributed by atoms with E-state index in [0.29, 0.717) is 24.7 Å². The van der Waals surface area contributed by atoms with Crippen LogP contribution in [0.1, 0.15) is 72.6 Å². The molecule has 30 heavy (non-hydrogen) atoms. The second kappa shape index (κ2) is 8.98. The Morgan fingerprint density at radius 3 is 2.73 bits per heavy atom. The lowest BCUT2D eigenvalue weighted by Crippen LogP contribution is -2.32. The maximum atomic E-state index is 10.1. The van der Waals surface area contributed by atoms with Crippen molar-refractivity contribution in [3.8, 4) is 0 Å². The molecule has 2 saturated carbocycles. The molecule has 3 rings (SSSR count). The Bertz CT molecular complexity index is 776. The molecule has 0 aromatic carbocycles. The number of hydrogen-bond acceptors (Lipinski definition) is 3. The normalized spacial score (nSPS) is 36.4. The number of allylic oxidation sites excluding steroid dienone is 6. The third kappa shape index (κ3) is 5.07. The number of aliphatic hydroxyl groups excluding tert-OH is 2. The van der Waals surface area contributed by atoms with Crippen molar-refractivity contribution in [3.05, 3.63) is 59.3 Å². The topological polar surface area (TPSA) is 60.7 Å². The molecule has 0 amide bonds. The highest BCUT2D eigenvalue weighted by molar-refractivity contribution is 5.40. The van der Waals surface area contributed by atoms with Crippen molar-refractivity contribution < 1.29 is 15.3 Å². The predicted molar refractivity (Wildman–Crippen MR) is 124 cm³/mol. The standard InChI is InChI=1S/C27H40O3/c1-18(8-6-14-26(3,4)30)23-12-13-24-20(9-7-15-27(23,24)5)10-11-21-16-22(28)17-25(29)19(21)2/h6,10-12,14,18,22,24-25,28-30H,2,7-9,13,15-17H2,1,3-5H3/t18?,22?,24?,25-,27+/m0/s1. The summed E-state index contributed by atoms with van der Waals surface area (Å²) in [6, 6.07) is 0. The first-order valence-electron chi connectivity index (χ1n) is 11.6. The first kappa shape index (κ1) is 23.2. The van der Waals surface area contributed by atoms with Gasteiger partial charge in [-0.25, -0.2) is 0 Å². The maximum absolute atomic E-state index is 10.1. The summed E-state index contributed by atoms with van der Waals surface area (Å²) in [7, 11) is 0. The van der Waals surface area contributed by atoms with Gasteiger partial charge in [-0.15, -0.1) is 0 Å². The molecule has 3 heteroatoms. The summed E-state index contributed by atoms with van der Waals surface area (Å²) in [5.41, 5.74) is 4.25. The van der Waals surface area contributed by atoms with E-state index in [1.165, 1.54) is 18.4 Å². The van der Waals surface area contributed by atoms with Crippen molar-refractivity contribution in [3.63, 3.8) is 0 Å². The van der Waals surface area contributed by atoms with Gasteiger partial charge in [-0.3, -0.25) is 0 Å². The fraction of sp³-hybridized carbons (Fsp3) is 0.630. The maximum Gasteiger partial charge on any atom is 0.0811 e. The van der Waals surface area contributed by atoms with Crippen LogP contribution in [0, 0.1) is 17.3 Å². The zero-order valence-corrected chi connectivity index (χ0v) is 19.2. The van der Waals surface area contributed by atoms with Gasteiger partial charge in [0.05, 0.1) is 17.8 Å². The summed E-state index contributed by atoms with van der Waals surface area (Å²) < 4.78 is 0.